The number of H-pyrrole nitrogens is 1. The van der Waals surface area contributed by atoms with Crippen LogP contribution in [0.4, 0.5) is 13.2 Å². The van der Waals surface area contributed by atoms with Crippen LogP contribution in [0.3, 0.4) is 0 Å². The molecular weight excluding hydrogens is 383 g/mol. The van der Waals surface area contributed by atoms with Crippen molar-refractivity contribution in [3.8, 4) is 11.3 Å². The Bertz CT molecular complexity index is 1030. The van der Waals surface area contributed by atoms with Crippen molar-refractivity contribution in [2.45, 2.75) is 19.3 Å². The zero-order valence-electron chi connectivity index (χ0n) is 15.5. The zero-order chi connectivity index (χ0) is 21.0. The van der Waals surface area contributed by atoms with Crippen LogP contribution in [0.15, 0.2) is 42.5 Å². The first-order valence-electron chi connectivity index (χ1n) is 9.13. The van der Waals surface area contributed by atoms with Gasteiger partial charge in [0.25, 0.3) is 0 Å². The summed E-state index contributed by atoms with van der Waals surface area (Å²) in [6.45, 7) is -0.0324. The minimum Gasteiger partial charge on any atom is -0.368 e. The van der Waals surface area contributed by atoms with E-state index in [9.17, 15) is 22.8 Å². The number of hydrogen-bond acceptors (Lipinski definition) is 2. The van der Waals surface area contributed by atoms with Gasteiger partial charge >= 0.3 is 0 Å². The summed E-state index contributed by atoms with van der Waals surface area (Å²) >= 11 is 0. The largest absolute Gasteiger partial charge is 0.368 e. The summed E-state index contributed by atoms with van der Waals surface area (Å²) in [7, 11) is 0. The molecule has 1 saturated carbocycles. The molecule has 0 radical (unpaired) electrons. The molecule has 3 aromatic rings. The number of halogens is 3. The number of nitrogens with one attached hydrogen (secondary N) is 2. The average molecular weight is 403 g/mol. The number of aromatic amines is 1. The maximum Gasteiger partial charge on any atom is 0.236 e. The van der Waals surface area contributed by atoms with Crippen molar-refractivity contribution < 1.29 is 22.8 Å². The first kappa shape index (κ1) is 20.4. The van der Waals surface area contributed by atoms with Gasteiger partial charge in [-0.05, 0) is 54.8 Å². The van der Waals surface area contributed by atoms with Crippen molar-refractivity contribution in [2.75, 3.05) is 6.54 Å². The van der Waals surface area contributed by atoms with Crippen LogP contribution in [-0.4, -0.2) is 23.3 Å². The van der Waals surface area contributed by atoms with Gasteiger partial charge in [0.1, 0.15) is 17.5 Å². The Morgan fingerprint density at radius 1 is 1.03 bits per heavy atom. The smallest absolute Gasteiger partial charge is 0.236 e. The first-order valence-corrected chi connectivity index (χ1v) is 9.13. The van der Waals surface area contributed by atoms with Crippen molar-refractivity contribution in [1.82, 2.24) is 10.3 Å². The summed E-state index contributed by atoms with van der Waals surface area (Å²) in [6.07, 6.45) is 3.02. The highest BCUT2D eigenvalue weighted by Crippen LogP contribution is 2.27. The standard InChI is InChI=1S/C14H8F3N.C7H12N2O2/c15-10-3-1-8(2-4-10)13-6-9-5-11(16)7-12(17)14(9)18-13;8-6(10)4-9-7(11)5-2-1-3-5/h1-7,18H;5H,1-4H2,(H2,8,10)(H,9,11). The van der Waals surface area contributed by atoms with Crippen molar-refractivity contribution in [2.24, 2.45) is 11.7 Å². The number of aromatic nitrogens is 1. The fourth-order valence-corrected chi connectivity index (χ4v) is 2.94. The number of hydrogen-bond donors (Lipinski definition) is 3. The molecule has 2 aromatic carbocycles. The number of nitrogens with two attached hydrogens (primary N) is 1. The Kier molecular flexibility index (Phi) is 6.21. The van der Waals surface area contributed by atoms with E-state index in [4.69, 9.17) is 5.73 Å². The number of carbonyl (C=O) groups is 2. The Morgan fingerprint density at radius 2 is 1.72 bits per heavy atom. The lowest BCUT2D eigenvalue weighted by molar-refractivity contribution is -0.129. The third-order valence-electron chi connectivity index (χ3n) is 4.71. The summed E-state index contributed by atoms with van der Waals surface area (Å²) in [4.78, 5) is 24.1. The van der Waals surface area contributed by atoms with Crippen LogP contribution < -0.4 is 11.1 Å². The lowest BCUT2D eigenvalue weighted by Gasteiger charge is -2.23. The van der Waals surface area contributed by atoms with E-state index in [1.165, 1.54) is 18.2 Å². The molecule has 152 valence electrons. The van der Waals surface area contributed by atoms with Gasteiger partial charge in [-0.2, -0.15) is 0 Å². The molecule has 8 heteroatoms. The van der Waals surface area contributed by atoms with E-state index in [-0.39, 0.29) is 29.7 Å². The molecule has 0 saturated heterocycles. The molecule has 0 bridgehead atoms. The van der Waals surface area contributed by atoms with Gasteiger partial charge < -0.3 is 16.0 Å². The topological polar surface area (TPSA) is 88.0 Å². The molecule has 1 heterocycles. The van der Waals surface area contributed by atoms with Gasteiger partial charge in [-0.1, -0.05) is 6.42 Å². The SMILES string of the molecule is Fc1ccc(-c2cc3cc(F)cc(F)c3[nH]2)cc1.NC(=O)CNC(=O)C1CCC1. The van der Waals surface area contributed by atoms with Crippen LogP contribution in [0.1, 0.15) is 19.3 Å². The fraction of sp³-hybridized carbons (Fsp3) is 0.238. The molecule has 4 rings (SSSR count). The van der Waals surface area contributed by atoms with Crippen LogP contribution in [0.25, 0.3) is 22.2 Å². The normalized spacial score (nSPS) is 13.3. The number of rotatable bonds is 4. The van der Waals surface area contributed by atoms with Gasteiger partial charge in [0, 0.05) is 23.1 Å². The molecule has 0 aliphatic heterocycles. The third-order valence-corrected chi connectivity index (χ3v) is 4.71. The molecule has 2 amide bonds. The Morgan fingerprint density at radius 3 is 2.31 bits per heavy atom. The maximum atomic E-state index is 13.5. The lowest BCUT2D eigenvalue weighted by Crippen LogP contribution is -2.39. The van der Waals surface area contributed by atoms with Crippen LogP contribution in [0.2, 0.25) is 0 Å². The Balaban J connectivity index is 0.000000188. The van der Waals surface area contributed by atoms with E-state index in [1.54, 1.807) is 18.2 Å². The summed E-state index contributed by atoms with van der Waals surface area (Å²) < 4.78 is 39.4. The predicted molar refractivity (Wildman–Crippen MR) is 103 cm³/mol. The maximum absolute atomic E-state index is 13.5. The zero-order valence-corrected chi connectivity index (χ0v) is 15.5. The van der Waals surface area contributed by atoms with E-state index in [0.717, 1.165) is 25.3 Å². The minimum atomic E-state index is -0.640. The average Bonchev–Trinajstić information content (AvgIpc) is 3.04. The molecule has 1 aliphatic carbocycles. The van der Waals surface area contributed by atoms with E-state index in [2.05, 4.69) is 10.3 Å². The summed E-state index contributed by atoms with van der Waals surface area (Å²) in [5.74, 6) is -1.99. The Hall–Kier alpha value is -3.29. The van der Waals surface area contributed by atoms with Crippen LogP contribution in [0, 0.1) is 23.4 Å². The number of fused-ring (bicyclic) bond motifs is 1. The molecule has 1 fully saturated rings. The van der Waals surface area contributed by atoms with Crippen molar-refractivity contribution in [3.63, 3.8) is 0 Å². The van der Waals surface area contributed by atoms with Gasteiger partial charge in [-0.15, -0.1) is 0 Å². The van der Waals surface area contributed by atoms with Crippen molar-refractivity contribution in [3.05, 3.63) is 59.9 Å². The van der Waals surface area contributed by atoms with Gasteiger partial charge in [-0.25, -0.2) is 13.2 Å². The second kappa shape index (κ2) is 8.81. The summed E-state index contributed by atoms with van der Waals surface area (Å²) in [5, 5.41) is 2.92. The quantitative estimate of drug-likeness (QED) is 0.621. The van der Waals surface area contributed by atoms with Gasteiger partial charge in [0.05, 0.1) is 12.1 Å². The molecular formula is C21H20F3N3O2. The van der Waals surface area contributed by atoms with E-state index >= 15 is 0 Å². The van der Waals surface area contributed by atoms with E-state index < -0.39 is 17.5 Å². The molecule has 0 spiro atoms. The second-order valence-electron chi connectivity index (χ2n) is 6.85. The second-order valence-corrected chi connectivity index (χ2v) is 6.85. The van der Waals surface area contributed by atoms with Crippen molar-refractivity contribution >= 4 is 22.7 Å². The molecule has 1 aromatic heterocycles. The molecule has 1 aliphatic rings. The van der Waals surface area contributed by atoms with Crippen LogP contribution >= 0.6 is 0 Å². The van der Waals surface area contributed by atoms with Crippen LogP contribution in [0.5, 0.6) is 0 Å². The highest BCUT2D eigenvalue weighted by atomic mass is 19.1. The minimum absolute atomic E-state index is 0.0324. The first-order chi connectivity index (χ1) is 13.8. The monoisotopic (exact) mass is 403 g/mol. The molecule has 5 nitrogen and oxygen atoms in total. The fourth-order valence-electron chi connectivity index (χ4n) is 2.94. The predicted octanol–water partition coefficient (Wildman–Crippen LogP) is 3.64. The lowest BCUT2D eigenvalue weighted by atomic mass is 9.85. The van der Waals surface area contributed by atoms with Gasteiger partial charge in [0.2, 0.25) is 11.8 Å². The summed E-state index contributed by atoms with van der Waals surface area (Å²) in [5.41, 5.74) is 6.43. The number of primary amides is 1. The number of benzene rings is 2. The third kappa shape index (κ3) is 5.16. The van der Waals surface area contributed by atoms with Crippen molar-refractivity contribution in [1.29, 1.82) is 0 Å². The van der Waals surface area contributed by atoms with Crippen LogP contribution in [-0.2, 0) is 9.59 Å². The van der Waals surface area contributed by atoms with E-state index in [0.29, 0.717) is 16.6 Å². The highest BCUT2D eigenvalue weighted by molar-refractivity contribution is 5.86. The van der Waals surface area contributed by atoms with Gasteiger partial charge in [0.15, 0.2) is 0 Å². The number of carbonyl (C=O) groups excluding carboxylic acids is 2. The van der Waals surface area contributed by atoms with E-state index in [1.807, 2.05) is 0 Å². The highest BCUT2D eigenvalue weighted by Gasteiger charge is 2.24. The Labute approximate surface area is 165 Å². The number of amides is 2. The molecule has 4 N–H and O–H groups in total. The van der Waals surface area contributed by atoms with Gasteiger partial charge in [-0.3, -0.25) is 9.59 Å². The molecule has 0 atom stereocenters. The molecule has 29 heavy (non-hydrogen) atoms. The molecule has 0 unspecified atom stereocenters. The summed E-state index contributed by atoms with van der Waals surface area (Å²) in [6, 6.07) is 9.50.